The van der Waals surface area contributed by atoms with Crippen molar-refractivity contribution in [1.29, 1.82) is 0 Å². The molecule has 0 bridgehead atoms. The maximum atomic E-state index is 14.4. The molecule has 4 aromatic heterocycles. The van der Waals surface area contributed by atoms with Crippen LogP contribution in [0.15, 0.2) is 187 Å². The summed E-state index contributed by atoms with van der Waals surface area (Å²) in [5.41, 5.74) is 8.60. The zero-order valence-corrected chi connectivity index (χ0v) is 39.7. The molecule has 2 amide bonds. The highest BCUT2D eigenvalue weighted by Crippen LogP contribution is 2.48. The molecule has 6 aromatic carbocycles. The molecule has 10 aromatic rings. The van der Waals surface area contributed by atoms with Crippen LogP contribution in [0, 0.1) is 11.6 Å². The number of halogens is 2. The van der Waals surface area contributed by atoms with Gasteiger partial charge in [-0.1, -0.05) is 97.1 Å². The Labute approximate surface area is 422 Å². The second-order valence-electron chi connectivity index (χ2n) is 17.8. The number of H-pyrrole nitrogens is 1. The van der Waals surface area contributed by atoms with E-state index >= 15 is 0 Å². The number of amides is 2. The van der Waals surface area contributed by atoms with Gasteiger partial charge in [0.15, 0.2) is 11.5 Å². The number of aromatic hydroxyl groups is 1. The normalized spacial score (nSPS) is 12.8. The average Bonchev–Trinajstić information content (AvgIpc) is 3.94. The molecule has 12 nitrogen and oxygen atoms in total. The van der Waals surface area contributed by atoms with Crippen LogP contribution in [-0.4, -0.2) is 53.8 Å². The maximum absolute atomic E-state index is 14.4. The van der Waals surface area contributed by atoms with Gasteiger partial charge >= 0.3 is 0 Å². The first-order chi connectivity index (χ1) is 36.2. The van der Waals surface area contributed by atoms with E-state index in [9.17, 15) is 28.3 Å². The highest BCUT2D eigenvalue weighted by Gasteiger charge is 2.39. The molecule has 364 valence electrons. The van der Waals surface area contributed by atoms with E-state index in [2.05, 4.69) is 15.0 Å². The molecule has 14 heteroatoms. The second-order valence-corrected chi connectivity index (χ2v) is 17.8. The summed E-state index contributed by atoms with van der Waals surface area (Å²) in [6.07, 6.45) is 5.96. The van der Waals surface area contributed by atoms with Gasteiger partial charge in [-0.05, 0) is 94.0 Å². The Morgan fingerprint density at radius 3 is 1.65 bits per heavy atom. The Kier molecular flexibility index (Phi) is 12.6. The monoisotopic (exact) mass is 982 g/mol. The molecule has 6 heterocycles. The molecular formula is C60H44F2N6O6. The number of nitrogens with zero attached hydrogens (tertiary/aromatic N) is 5. The molecule has 0 spiro atoms. The first kappa shape index (κ1) is 46.8. The molecule has 2 aliphatic rings. The Morgan fingerprint density at radius 1 is 0.568 bits per heavy atom. The van der Waals surface area contributed by atoms with E-state index < -0.39 is 6.10 Å². The summed E-state index contributed by atoms with van der Waals surface area (Å²) >= 11 is 0. The average molecular weight is 983 g/mol. The first-order valence-electron chi connectivity index (χ1n) is 23.7. The zero-order valence-electron chi connectivity index (χ0n) is 39.7. The largest absolute Gasteiger partial charge is 0.505 e. The summed E-state index contributed by atoms with van der Waals surface area (Å²) in [5.74, 6) is -0.532. The summed E-state index contributed by atoms with van der Waals surface area (Å²) in [5, 5.41) is 12.3. The van der Waals surface area contributed by atoms with Gasteiger partial charge < -0.3 is 29.4 Å². The fraction of sp³-hybridized carbons (Fsp3) is 0.100. The third-order valence-corrected chi connectivity index (χ3v) is 13.3. The molecular weight excluding hydrogens is 939 g/mol. The molecule has 0 unspecified atom stereocenters. The van der Waals surface area contributed by atoms with Gasteiger partial charge in [-0.2, -0.15) is 0 Å². The van der Waals surface area contributed by atoms with E-state index in [1.165, 1.54) is 30.5 Å². The van der Waals surface area contributed by atoms with Crippen LogP contribution in [-0.2, 0) is 26.2 Å². The van der Waals surface area contributed by atoms with Crippen LogP contribution in [0.2, 0.25) is 0 Å². The Bertz CT molecular complexity index is 3780. The van der Waals surface area contributed by atoms with E-state index in [1.807, 2.05) is 84.9 Å². The molecule has 12 rings (SSSR count). The number of pyridine rings is 4. The third-order valence-electron chi connectivity index (χ3n) is 13.3. The van der Waals surface area contributed by atoms with Crippen LogP contribution in [0.25, 0.3) is 44.1 Å². The number of phenols is 1. The fourth-order valence-corrected chi connectivity index (χ4v) is 9.96. The van der Waals surface area contributed by atoms with E-state index in [0.29, 0.717) is 57.9 Å². The molecule has 0 aliphatic carbocycles. The lowest BCUT2D eigenvalue weighted by Crippen LogP contribution is -2.23. The van der Waals surface area contributed by atoms with Crippen LogP contribution in [0.5, 0.6) is 17.4 Å². The van der Waals surface area contributed by atoms with Crippen molar-refractivity contribution in [3.63, 3.8) is 0 Å². The number of benzene rings is 6. The summed E-state index contributed by atoms with van der Waals surface area (Å²) in [6.45, 7) is 1.10. The van der Waals surface area contributed by atoms with Crippen LogP contribution in [0.3, 0.4) is 0 Å². The topological polar surface area (TPSA) is 151 Å². The first-order valence-corrected chi connectivity index (χ1v) is 23.7. The number of ether oxygens (including phenoxy) is 2. The van der Waals surface area contributed by atoms with Crippen LogP contribution >= 0.6 is 0 Å². The molecule has 0 radical (unpaired) electrons. The van der Waals surface area contributed by atoms with Gasteiger partial charge in [0, 0.05) is 84.0 Å². The highest BCUT2D eigenvalue weighted by atomic mass is 19.1. The minimum Gasteiger partial charge on any atom is -0.505 e. The predicted octanol–water partition coefficient (Wildman–Crippen LogP) is 11.4. The molecule has 2 aliphatic heterocycles. The summed E-state index contributed by atoms with van der Waals surface area (Å²) in [7, 11) is 1.58. The predicted molar refractivity (Wildman–Crippen MR) is 276 cm³/mol. The maximum Gasteiger partial charge on any atom is 0.258 e. The number of phenolic OH excluding ortho intramolecular Hbond substituents is 1. The molecule has 0 saturated heterocycles. The molecule has 0 fully saturated rings. The van der Waals surface area contributed by atoms with Crippen molar-refractivity contribution in [2.45, 2.75) is 32.3 Å². The SMILES string of the molecule is COc1ncccc1-c1c2c(c(OC(c3ccccc3)c3ccccc3)c3ncccc13)C(=O)N(Cc1ccc(F)cc1)C2.O=C1c2c(c(-c3ccc[nH]c3=O)c3cccnc3c2O)CN1Cc1ccc(F)cc1. The third kappa shape index (κ3) is 8.72. The number of hydrogen-bond acceptors (Lipinski definition) is 9. The number of nitrogens with one attached hydrogen (secondary N) is 1. The number of aromatic amines is 1. The summed E-state index contributed by atoms with van der Waals surface area (Å²) in [4.78, 5) is 59.7. The van der Waals surface area contributed by atoms with Crippen LogP contribution in [0.1, 0.15) is 60.2 Å². The van der Waals surface area contributed by atoms with Crippen molar-refractivity contribution in [3.05, 3.63) is 249 Å². The molecule has 74 heavy (non-hydrogen) atoms. The molecule has 2 N–H and O–H groups in total. The van der Waals surface area contributed by atoms with Gasteiger partial charge in [-0.25, -0.2) is 13.8 Å². The number of carbonyl (C=O) groups excluding carboxylic acids is 2. The fourth-order valence-electron chi connectivity index (χ4n) is 9.96. The van der Waals surface area contributed by atoms with E-state index in [4.69, 9.17) is 14.5 Å². The lowest BCUT2D eigenvalue weighted by Gasteiger charge is -2.24. The number of carbonyl (C=O) groups is 2. The van der Waals surface area contributed by atoms with E-state index in [1.54, 1.807) is 84.0 Å². The van der Waals surface area contributed by atoms with Gasteiger partial charge in [-0.15, -0.1) is 0 Å². The smallest absolute Gasteiger partial charge is 0.258 e. The van der Waals surface area contributed by atoms with Gasteiger partial charge in [0.2, 0.25) is 5.88 Å². The van der Waals surface area contributed by atoms with Gasteiger partial charge in [0.25, 0.3) is 17.4 Å². The van der Waals surface area contributed by atoms with E-state index in [0.717, 1.165) is 44.3 Å². The van der Waals surface area contributed by atoms with E-state index in [-0.39, 0.29) is 58.9 Å². The Balaban J connectivity index is 0.000000171. The highest BCUT2D eigenvalue weighted by molar-refractivity contribution is 6.13. The number of methoxy groups -OCH3 is 1. The number of fused-ring (bicyclic) bond motifs is 4. The number of hydrogen-bond donors (Lipinski definition) is 2. The summed E-state index contributed by atoms with van der Waals surface area (Å²) in [6, 6.07) is 46.6. The summed E-state index contributed by atoms with van der Waals surface area (Å²) < 4.78 is 39.6. The minimum atomic E-state index is -0.496. The van der Waals surface area contributed by atoms with Gasteiger partial charge in [0.1, 0.15) is 28.8 Å². The van der Waals surface area contributed by atoms with Crippen molar-refractivity contribution in [3.8, 4) is 39.6 Å². The van der Waals surface area contributed by atoms with Crippen LogP contribution in [0.4, 0.5) is 8.78 Å². The Morgan fingerprint density at radius 2 is 1.07 bits per heavy atom. The number of aromatic nitrogens is 4. The van der Waals surface area contributed by atoms with Crippen molar-refractivity contribution in [1.82, 2.24) is 29.7 Å². The zero-order chi connectivity index (χ0) is 50.9. The lowest BCUT2D eigenvalue weighted by atomic mass is 9.91. The van der Waals surface area contributed by atoms with Crippen molar-refractivity contribution < 1.29 is 33.0 Å². The second kappa shape index (κ2) is 19.9. The number of rotatable bonds is 11. The van der Waals surface area contributed by atoms with Gasteiger partial charge in [-0.3, -0.25) is 24.4 Å². The Hall–Kier alpha value is -9.56. The van der Waals surface area contributed by atoms with Crippen LogP contribution < -0.4 is 15.0 Å². The van der Waals surface area contributed by atoms with Crippen molar-refractivity contribution in [2.24, 2.45) is 0 Å². The minimum absolute atomic E-state index is 0.154. The lowest BCUT2D eigenvalue weighted by molar-refractivity contribution is 0.0756. The van der Waals surface area contributed by atoms with Crippen molar-refractivity contribution >= 4 is 33.6 Å². The molecule has 0 saturated carbocycles. The van der Waals surface area contributed by atoms with Crippen molar-refractivity contribution in [2.75, 3.05) is 7.11 Å². The molecule has 0 atom stereocenters. The standard InChI is InChI=1S/C37H28FN3O3.C23H16FN3O3/c1-43-36-29(15-9-21-40-36)31-28-14-8-20-39-33(28)35(44-34(25-10-4-2-5-11-25)26-12-6-3-7-13-26)32-30(31)23-41(37(32)42)22-24-16-18-27(38)19-17-24;24-14-7-5-13(6-8-14)11-27-12-17-18(16-4-2-10-26-22(16)29)15-3-1-9-25-20(15)21(28)19(17)23(27)30/h2-21,34H,22-23H2,1H3;1-10,28H,11-12H2,(H,26,29). The van der Waals surface area contributed by atoms with Gasteiger partial charge in [0.05, 0.1) is 18.2 Å². The quantitative estimate of drug-likeness (QED) is 0.129.